The highest BCUT2D eigenvalue weighted by molar-refractivity contribution is 5.87. The summed E-state index contributed by atoms with van der Waals surface area (Å²) in [5.41, 5.74) is 0.103. The van der Waals surface area contributed by atoms with E-state index in [9.17, 15) is 4.79 Å². The van der Waals surface area contributed by atoms with E-state index in [1.54, 1.807) is 26.4 Å². The minimum Gasteiger partial charge on any atom is -0.493 e. The molecule has 0 spiro atoms. The number of benzene rings is 1. The maximum atomic E-state index is 12.0. The second-order valence-corrected chi connectivity index (χ2v) is 4.61. The fraction of sp³-hybridized carbons (Fsp3) is 0.462. The number of rotatable bonds is 4. The zero-order valence-corrected chi connectivity index (χ0v) is 11.5. The normalized spacial score (nSPS) is 11.0. The van der Waals surface area contributed by atoms with Gasteiger partial charge in [-0.2, -0.15) is 0 Å². The topological polar surface area (TPSA) is 64.8 Å². The number of likely N-dealkylation sites (N-methyl/N-ethyl adjacent to an activating group) is 1. The number of methoxy groups -OCH3 is 2. The minimum absolute atomic E-state index is 0.172. The molecule has 1 aromatic carbocycles. The first-order chi connectivity index (χ1) is 8.34. The van der Waals surface area contributed by atoms with Crippen LogP contribution >= 0.6 is 0 Å². The number of ether oxygens (including phenoxy) is 2. The molecule has 5 heteroatoms. The summed E-state index contributed by atoms with van der Waals surface area (Å²) in [6.07, 6.45) is 0. The van der Waals surface area contributed by atoms with Crippen LogP contribution in [0.25, 0.3) is 0 Å². The van der Waals surface area contributed by atoms with Gasteiger partial charge in [-0.25, -0.2) is 5.84 Å². The van der Waals surface area contributed by atoms with E-state index in [-0.39, 0.29) is 5.91 Å². The summed E-state index contributed by atoms with van der Waals surface area (Å²) in [4.78, 5) is 12.0. The van der Waals surface area contributed by atoms with Crippen molar-refractivity contribution < 1.29 is 14.3 Å². The molecule has 0 aliphatic carbocycles. The van der Waals surface area contributed by atoms with Crippen molar-refractivity contribution in [3.63, 3.8) is 0 Å². The third-order valence-electron chi connectivity index (χ3n) is 2.96. The van der Waals surface area contributed by atoms with Crippen LogP contribution in [0.1, 0.15) is 19.4 Å². The Morgan fingerprint density at radius 3 is 2.22 bits per heavy atom. The second-order valence-electron chi connectivity index (χ2n) is 4.61. The van der Waals surface area contributed by atoms with Crippen LogP contribution in [0.5, 0.6) is 11.5 Å². The van der Waals surface area contributed by atoms with Crippen LogP contribution in [0.4, 0.5) is 0 Å². The first-order valence-corrected chi connectivity index (χ1v) is 5.60. The van der Waals surface area contributed by atoms with Gasteiger partial charge >= 0.3 is 0 Å². The summed E-state index contributed by atoms with van der Waals surface area (Å²) in [6.45, 7) is 3.64. The lowest BCUT2D eigenvalue weighted by Gasteiger charge is -2.27. The average molecular weight is 252 g/mol. The standard InChI is InChI=1S/C13H20N2O3/c1-13(2,12(16)15(3)14)9-6-7-10(17-4)11(8-9)18-5/h6-8H,14H2,1-5H3. The van der Waals surface area contributed by atoms with Crippen molar-refractivity contribution in [3.05, 3.63) is 23.8 Å². The van der Waals surface area contributed by atoms with Crippen LogP contribution < -0.4 is 15.3 Å². The van der Waals surface area contributed by atoms with Crippen molar-refractivity contribution in [2.24, 2.45) is 5.84 Å². The van der Waals surface area contributed by atoms with Crippen molar-refractivity contribution in [1.29, 1.82) is 0 Å². The van der Waals surface area contributed by atoms with E-state index in [1.807, 2.05) is 19.9 Å². The molecule has 0 saturated heterocycles. The van der Waals surface area contributed by atoms with Crippen molar-refractivity contribution in [2.75, 3.05) is 21.3 Å². The first-order valence-electron chi connectivity index (χ1n) is 5.60. The van der Waals surface area contributed by atoms with Crippen molar-refractivity contribution in [1.82, 2.24) is 5.01 Å². The maximum absolute atomic E-state index is 12.0. The van der Waals surface area contributed by atoms with Gasteiger partial charge in [-0.3, -0.25) is 9.80 Å². The van der Waals surface area contributed by atoms with Gasteiger partial charge in [0.15, 0.2) is 11.5 Å². The highest BCUT2D eigenvalue weighted by Crippen LogP contribution is 2.33. The molecule has 0 aliphatic heterocycles. The van der Waals surface area contributed by atoms with E-state index in [0.717, 1.165) is 10.6 Å². The summed E-state index contributed by atoms with van der Waals surface area (Å²) >= 11 is 0. The van der Waals surface area contributed by atoms with Gasteiger partial charge in [-0.15, -0.1) is 0 Å². The van der Waals surface area contributed by atoms with Crippen molar-refractivity contribution in [2.45, 2.75) is 19.3 Å². The van der Waals surface area contributed by atoms with E-state index in [1.165, 1.54) is 7.05 Å². The SMILES string of the molecule is COc1ccc(C(C)(C)C(=O)N(C)N)cc1OC. The summed E-state index contributed by atoms with van der Waals surface area (Å²) in [6, 6.07) is 5.41. The van der Waals surface area contributed by atoms with Crippen LogP contribution in [0.2, 0.25) is 0 Å². The molecule has 0 radical (unpaired) electrons. The Morgan fingerprint density at radius 1 is 1.22 bits per heavy atom. The summed E-state index contributed by atoms with van der Waals surface area (Å²) in [7, 11) is 4.66. The Kier molecular flexibility index (Phi) is 4.19. The van der Waals surface area contributed by atoms with Crippen molar-refractivity contribution in [3.8, 4) is 11.5 Å². The number of nitrogens with zero attached hydrogens (tertiary/aromatic N) is 1. The Labute approximate surface area is 107 Å². The summed E-state index contributed by atoms with van der Waals surface area (Å²) in [5.74, 6) is 6.57. The molecule has 100 valence electrons. The van der Waals surface area contributed by atoms with E-state index >= 15 is 0 Å². The Bertz CT molecular complexity index is 442. The highest BCUT2D eigenvalue weighted by atomic mass is 16.5. The number of amides is 1. The molecule has 0 saturated carbocycles. The van der Waals surface area contributed by atoms with Gasteiger partial charge in [0.05, 0.1) is 19.6 Å². The molecule has 1 rings (SSSR count). The number of hydrogen-bond acceptors (Lipinski definition) is 4. The lowest BCUT2D eigenvalue weighted by atomic mass is 9.83. The molecule has 0 heterocycles. The number of nitrogens with two attached hydrogens (primary N) is 1. The monoisotopic (exact) mass is 252 g/mol. The third-order valence-corrected chi connectivity index (χ3v) is 2.96. The molecule has 1 aromatic rings. The predicted molar refractivity (Wildman–Crippen MR) is 69.5 cm³/mol. The average Bonchev–Trinajstić information content (AvgIpc) is 2.36. The van der Waals surface area contributed by atoms with Gasteiger partial charge in [0, 0.05) is 7.05 Å². The molecular formula is C13H20N2O3. The van der Waals surface area contributed by atoms with Crippen LogP contribution in [0, 0.1) is 0 Å². The number of carbonyl (C=O) groups is 1. The van der Waals surface area contributed by atoms with Gasteiger partial charge in [-0.05, 0) is 31.5 Å². The highest BCUT2D eigenvalue weighted by Gasteiger charge is 2.32. The summed E-state index contributed by atoms with van der Waals surface area (Å²) in [5, 5.41) is 1.09. The lowest BCUT2D eigenvalue weighted by molar-refractivity contribution is -0.135. The quantitative estimate of drug-likeness (QED) is 0.498. The van der Waals surface area contributed by atoms with E-state index in [2.05, 4.69) is 0 Å². The second kappa shape index (κ2) is 5.27. The largest absolute Gasteiger partial charge is 0.493 e. The van der Waals surface area contributed by atoms with Gasteiger partial charge in [0.25, 0.3) is 0 Å². The van der Waals surface area contributed by atoms with Crippen LogP contribution in [0.15, 0.2) is 18.2 Å². The number of hydrazine groups is 1. The fourth-order valence-electron chi connectivity index (χ4n) is 1.79. The van der Waals surface area contributed by atoms with E-state index in [4.69, 9.17) is 15.3 Å². The van der Waals surface area contributed by atoms with Crippen molar-refractivity contribution >= 4 is 5.91 Å². The summed E-state index contributed by atoms with van der Waals surface area (Å²) < 4.78 is 10.4. The molecule has 0 fully saturated rings. The maximum Gasteiger partial charge on any atom is 0.246 e. The van der Waals surface area contributed by atoms with Crippen LogP contribution in [-0.4, -0.2) is 32.2 Å². The Balaban J connectivity index is 3.21. The van der Waals surface area contributed by atoms with Crippen LogP contribution in [0.3, 0.4) is 0 Å². The van der Waals surface area contributed by atoms with Gasteiger partial charge in [0.2, 0.25) is 5.91 Å². The zero-order chi connectivity index (χ0) is 13.9. The molecule has 18 heavy (non-hydrogen) atoms. The molecule has 5 nitrogen and oxygen atoms in total. The predicted octanol–water partition coefficient (Wildman–Crippen LogP) is 1.31. The molecule has 1 amide bonds. The van der Waals surface area contributed by atoms with Gasteiger partial charge in [0.1, 0.15) is 0 Å². The molecule has 0 unspecified atom stereocenters. The number of carbonyl (C=O) groups excluding carboxylic acids is 1. The minimum atomic E-state index is -0.719. The molecule has 0 atom stereocenters. The third kappa shape index (κ3) is 2.56. The first kappa shape index (κ1) is 14.3. The van der Waals surface area contributed by atoms with E-state index in [0.29, 0.717) is 11.5 Å². The molecule has 0 aliphatic rings. The smallest absolute Gasteiger partial charge is 0.246 e. The van der Waals surface area contributed by atoms with Gasteiger partial charge < -0.3 is 9.47 Å². The van der Waals surface area contributed by atoms with Crippen LogP contribution in [-0.2, 0) is 10.2 Å². The molecule has 0 bridgehead atoms. The Morgan fingerprint density at radius 2 is 1.78 bits per heavy atom. The zero-order valence-electron chi connectivity index (χ0n) is 11.5. The van der Waals surface area contributed by atoms with Gasteiger partial charge in [-0.1, -0.05) is 6.07 Å². The molecule has 0 aromatic heterocycles. The van der Waals surface area contributed by atoms with E-state index < -0.39 is 5.41 Å². The molecule has 2 N–H and O–H groups in total. The molecular weight excluding hydrogens is 232 g/mol. The fourth-order valence-corrected chi connectivity index (χ4v) is 1.79. The lowest BCUT2D eigenvalue weighted by Crippen LogP contribution is -2.44. The number of hydrogen-bond donors (Lipinski definition) is 1. The Hall–Kier alpha value is -1.75.